The molecule has 1 heterocycles. The van der Waals surface area contributed by atoms with Crippen molar-refractivity contribution in [3.05, 3.63) is 58.1 Å². The molecule has 0 saturated carbocycles. The summed E-state index contributed by atoms with van der Waals surface area (Å²) in [5, 5.41) is 0. The summed E-state index contributed by atoms with van der Waals surface area (Å²) in [7, 11) is -3.45. The second-order valence-corrected chi connectivity index (χ2v) is 10.2. The maximum absolute atomic E-state index is 12.9. The summed E-state index contributed by atoms with van der Waals surface area (Å²) in [5.74, 6) is 0.0958. The number of rotatable bonds is 7. The number of anilines is 1. The highest BCUT2D eigenvalue weighted by Gasteiger charge is 2.30. The van der Waals surface area contributed by atoms with E-state index in [4.69, 9.17) is 0 Å². The SMILES string of the molecule is CCN(CC)S(=O)(=O)c1ccc(CCC(=O)N2c3ccc(Br)cc3C[C@@H]2C)cc1. The molecule has 0 saturated heterocycles. The Bertz CT molecular complexity index is 986. The van der Waals surface area contributed by atoms with Gasteiger partial charge in [0.1, 0.15) is 0 Å². The van der Waals surface area contributed by atoms with Crippen LogP contribution in [-0.2, 0) is 27.7 Å². The molecular weight excluding hydrogens is 452 g/mol. The Morgan fingerprint density at radius 1 is 1.14 bits per heavy atom. The molecular formula is C22H27BrN2O3S. The van der Waals surface area contributed by atoms with Crippen LogP contribution < -0.4 is 4.90 Å². The van der Waals surface area contributed by atoms with Crippen molar-refractivity contribution in [2.45, 2.75) is 51.0 Å². The van der Waals surface area contributed by atoms with E-state index in [2.05, 4.69) is 28.9 Å². The van der Waals surface area contributed by atoms with Gasteiger partial charge in [-0.05, 0) is 61.2 Å². The third-order valence-corrected chi connectivity index (χ3v) is 7.98. The van der Waals surface area contributed by atoms with Gasteiger partial charge in [-0.2, -0.15) is 4.31 Å². The van der Waals surface area contributed by atoms with Crippen LogP contribution in [0.2, 0.25) is 0 Å². The van der Waals surface area contributed by atoms with E-state index in [0.29, 0.717) is 30.8 Å². The van der Waals surface area contributed by atoms with Crippen LogP contribution >= 0.6 is 15.9 Å². The summed E-state index contributed by atoms with van der Waals surface area (Å²) in [4.78, 5) is 15.1. The number of aryl methyl sites for hydroxylation is 1. The summed E-state index contributed by atoms with van der Waals surface area (Å²) in [5.41, 5.74) is 3.14. The standard InChI is InChI=1S/C22H27BrN2O3S/c1-4-24(5-2)29(27,28)20-10-6-17(7-11-20)8-13-22(26)25-16(3)14-18-15-19(23)9-12-21(18)25/h6-7,9-12,15-16H,4-5,8,13-14H2,1-3H3/t16-/m0/s1. The van der Waals surface area contributed by atoms with E-state index >= 15 is 0 Å². The van der Waals surface area contributed by atoms with Crippen molar-refractivity contribution in [1.29, 1.82) is 0 Å². The highest BCUT2D eigenvalue weighted by atomic mass is 79.9. The number of halogens is 1. The maximum Gasteiger partial charge on any atom is 0.243 e. The first-order chi connectivity index (χ1) is 13.8. The zero-order chi connectivity index (χ0) is 21.2. The van der Waals surface area contributed by atoms with Gasteiger partial charge >= 0.3 is 0 Å². The van der Waals surface area contributed by atoms with Crippen molar-refractivity contribution in [3.63, 3.8) is 0 Å². The normalized spacial score (nSPS) is 16.3. The Balaban J connectivity index is 1.67. The predicted molar refractivity (Wildman–Crippen MR) is 120 cm³/mol. The molecule has 0 spiro atoms. The van der Waals surface area contributed by atoms with Gasteiger partial charge in [-0.15, -0.1) is 0 Å². The first-order valence-corrected chi connectivity index (χ1v) is 12.2. The summed E-state index contributed by atoms with van der Waals surface area (Å²) in [6, 6.07) is 13.1. The van der Waals surface area contributed by atoms with Gasteiger partial charge in [0.25, 0.3) is 0 Å². The van der Waals surface area contributed by atoms with Gasteiger partial charge < -0.3 is 4.90 Å². The molecule has 1 aliphatic heterocycles. The molecule has 1 atom stereocenters. The molecule has 1 amide bonds. The van der Waals surface area contributed by atoms with E-state index in [1.165, 1.54) is 9.87 Å². The number of amides is 1. The van der Waals surface area contributed by atoms with Crippen LogP contribution in [0.1, 0.15) is 38.3 Å². The van der Waals surface area contributed by atoms with Crippen LogP contribution in [0, 0.1) is 0 Å². The fourth-order valence-corrected chi connectivity index (χ4v) is 5.76. The second-order valence-electron chi connectivity index (χ2n) is 7.32. The molecule has 0 radical (unpaired) electrons. The van der Waals surface area contributed by atoms with Gasteiger partial charge in [0.15, 0.2) is 0 Å². The van der Waals surface area contributed by atoms with Crippen LogP contribution in [0.5, 0.6) is 0 Å². The quantitative estimate of drug-likeness (QED) is 0.592. The van der Waals surface area contributed by atoms with Crippen molar-refractivity contribution < 1.29 is 13.2 Å². The fraction of sp³-hybridized carbons (Fsp3) is 0.409. The highest BCUT2D eigenvalue weighted by Crippen LogP contribution is 2.34. The molecule has 2 aromatic carbocycles. The van der Waals surface area contributed by atoms with Gasteiger partial charge in [-0.25, -0.2) is 8.42 Å². The number of hydrogen-bond donors (Lipinski definition) is 0. The number of fused-ring (bicyclic) bond motifs is 1. The van der Waals surface area contributed by atoms with Crippen molar-refractivity contribution >= 4 is 37.5 Å². The monoisotopic (exact) mass is 478 g/mol. The number of carbonyl (C=O) groups excluding carboxylic acids is 1. The molecule has 2 aromatic rings. The highest BCUT2D eigenvalue weighted by molar-refractivity contribution is 9.10. The van der Waals surface area contributed by atoms with Gasteiger partial charge in [-0.3, -0.25) is 4.79 Å². The maximum atomic E-state index is 12.9. The lowest BCUT2D eigenvalue weighted by Gasteiger charge is -2.23. The Kier molecular flexibility index (Phi) is 6.81. The summed E-state index contributed by atoms with van der Waals surface area (Å²) < 4.78 is 27.6. The smallest absolute Gasteiger partial charge is 0.243 e. The molecule has 0 unspecified atom stereocenters. The Hall–Kier alpha value is -1.70. The molecule has 0 aromatic heterocycles. The Morgan fingerprint density at radius 3 is 2.41 bits per heavy atom. The Morgan fingerprint density at radius 2 is 1.79 bits per heavy atom. The zero-order valence-corrected chi connectivity index (χ0v) is 19.5. The third kappa shape index (κ3) is 4.57. The molecule has 0 N–H and O–H groups in total. The van der Waals surface area contributed by atoms with Crippen LogP contribution in [0.25, 0.3) is 0 Å². The fourth-order valence-electron chi connectivity index (χ4n) is 3.89. The summed E-state index contributed by atoms with van der Waals surface area (Å²) >= 11 is 3.49. The molecule has 29 heavy (non-hydrogen) atoms. The van der Waals surface area contributed by atoms with Crippen LogP contribution in [0.15, 0.2) is 51.8 Å². The van der Waals surface area contributed by atoms with Crippen LogP contribution in [0.3, 0.4) is 0 Å². The minimum Gasteiger partial charge on any atom is -0.309 e. The van der Waals surface area contributed by atoms with Gasteiger partial charge in [0, 0.05) is 35.7 Å². The largest absolute Gasteiger partial charge is 0.309 e. The molecule has 156 valence electrons. The molecule has 0 aliphatic carbocycles. The summed E-state index contributed by atoms with van der Waals surface area (Å²) in [6.07, 6.45) is 1.83. The molecule has 7 heteroatoms. The van der Waals surface area contributed by atoms with Gasteiger partial charge in [0.2, 0.25) is 15.9 Å². The molecule has 5 nitrogen and oxygen atoms in total. The zero-order valence-electron chi connectivity index (χ0n) is 17.1. The Labute approximate surface area is 181 Å². The first-order valence-electron chi connectivity index (χ1n) is 9.97. The van der Waals surface area contributed by atoms with E-state index in [9.17, 15) is 13.2 Å². The van der Waals surface area contributed by atoms with Gasteiger partial charge in [-0.1, -0.05) is 41.9 Å². The number of sulfonamides is 1. The average Bonchev–Trinajstić information content (AvgIpc) is 3.02. The van der Waals surface area contributed by atoms with Crippen molar-refractivity contribution in [3.8, 4) is 0 Å². The van der Waals surface area contributed by atoms with Crippen LogP contribution in [-0.4, -0.2) is 37.8 Å². The topological polar surface area (TPSA) is 57.7 Å². The number of carbonyl (C=O) groups is 1. The molecule has 0 bridgehead atoms. The minimum atomic E-state index is -3.45. The lowest BCUT2D eigenvalue weighted by molar-refractivity contribution is -0.118. The average molecular weight is 479 g/mol. The van der Waals surface area contributed by atoms with E-state index < -0.39 is 10.0 Å². The van der Waals surface area contributed by atoms with Crippen molar-refractivity contribution in [1.82, 2.24) is 4.31 Å². The lowest BCUT2D eigenvalue weighted by Crippen LogP contribution is -2.35. The van der Waals surface area contributed by atoms with E-state index in [1.54, 1.807) is 12.1 Å². The summed E-state index contributed by atoms with van der Waals surface area (Å²) in [6.45, 7) is 6.62. The van der Waals surface area contributed by atoms with E-state index in [-0.39, 0.29) is 11.9 Å². The minimum absolute atomic E-state index is 0.0958. The van der Waals surface area contributed by atoms with Crippen molar-refractivity contribution in [2.24, 2.45) is 0 Å². The van der Waals surface area contributed by atoms with E-state index in [0.717, 1.165) is 22.1 Å². The number of nitrogens with zero attached hydrogens (tertiary/aromatic N) is 2. The van der Waals surface area contributed by atoms with E-state index in [1.807, 2.05) is 43.0 Å². The lowest BCUT2D eigenvalue weighted by atomic mass is 10.1. The predicted octanol–water partition coefficient (Wildman–Crippen LogP) is 4.39. The molecule has 3 rings (SSSR count). The molecule has 1 aliphatic rings. The molecule has 0 fully saturated rings. The third-order valence-electron chi connectivity index (χ3n) is 5.42. The van der Waals surface area contributed by atoms with Gasteiger partial charge in [0.05, 0.1) is 4.90 Å². The number of hydrogen-bond acceptors (Lipinski definition) is 3. The van der Waals surface area contributed by atoms with Crippen molar-refractivity contribution in [2.75, 3.05) is 18.0 Å². The number of benzene rings is 2. The second kappa shape index (κ2) is 8.98. The van der Waals surface area contributed by atoms with Crippen LogP contribution in [0.4, 0.5) is 5.69 Å². The first kappa shape index (κ1) is 22.0.